The summed E-state index contributed by atoms with van der Waals surface area (Å²) in [5.41, 5.74) is 2.80. The number of alkyl halides is 3. The van der Waals surface area contributed by atoms with Crippen molar-refractivity contribution in [3.8, 4) is 0 Å². The number of hydrogen-bond acceptors (Lipinski definition) is 9. The molecule has 0 aliphatic carbocycles. The minimum atomic E-state index is -4.49. The fourth-order valence-electron chi connectivity index (χ4n) is 8.59. The summed E-state index contributed by atoms with van der Waals surface area (Å²) in [6.45, 7) is 0.915. The quantitative estimate of drug-likeness (QED) is 0.122. The third-order valence-electron chi connectivity index (χ3n) is 11.7. The minimum Gasteiger partial charge on any atom is -0.453 e. The number of carbonyl (C=O) groups is 5. The molecule has 62 heavy (non-hydrogen) atoms. The lowest BCUT2D eigenvalue weighted by Crippen LogP contribution is -2.52. The first-order chi connectivity index (χ1) is 29.8. The minimum absolute atomic E-state index is 0.127. The second-order valence-electron chi connectivity index (χ2n) is 15.6. The summed E-state index contributed by atoms with van der Waals surface area (Å²) in [5, 5.41) is 8.54. The fraction of sp³-hybridized carbons (Fsp3) is 0.467. The third kappa shape index (κ3) is 11.4. The second-order valence-corrected chi connectivity index (χ2v) is 17.6. The Morgan fingerprint density at radius 3 is 1.76 bits per heavy atom. The molecule has 3 heterocycles. The maximum atomic E-state index is 13.6. The van der Waals surface area contributed by atoms with Gasteiger partial charge in [-0.05, 0) is 135 Å². The first-order valence-electron chi connectivity index (χ1n) is 20.9. The third-order valence-corrected chi connectivity index (χ3v) is 13.0. The van der Waals surface area contributed by atoms with Gasteiger partial charge >= 0.3 is 12.3 Å². The molecular weight excluding hydrogens is 842 g/mol. The average Bonchev–Trinajstić information content (AvgIpc) is 4.06. The Bertz CT molecular complexity index is 2020. The number of anilines is 3. The topological polar surface area (TPSA) is 140 Å². The lowest BCUT2D eigenvalue weighted by molar-refractivity contribution is -0.138. The number of nitrogens with zero attached hydrogens (tertiary/aromatic N) is 3. The van der Waals surface area contributed by atoms with E-state index in [9.17, 15) is 37.1 Å². The van der Waals surface area contributed by atoms with Crippen LogP contribution in [0.15, 0.2) is 72.8 Å². The van der Waals surface area contributed by atoms with Crippen molar-refractivity contribution in [3.63, 3.8) is 0 Å². The summed E-state index contributed by atoms with van der Waals surface area (Å²) in [6, 6.07) is 17.5. The fourth-order valence-corrected chi connectivity index (χ4v) is 9.42. The molecule has 3 N–H and O–H groups in total. The number of thioether (sulfide) groups is 2. The van der Waals surface area contributed by atoms with Crippen LogP contribution in [0.3, 0.4) is 0 Å². The van der Waals surface area contributed by atoms with Gasteiger partial charge in [0.25, 0.3) is 0 Å². The van der Waals surface area contributed by atoms with Gasteiger partial charge in [0.05, 0.1) is 31.2 Å². The first-order valence-corrected chi connectivity index (χ1v) is 23.7. The van der Waals surface area contributed by atoms with Crippen LogP contribution in [0.5, 0.6) is 0 Å². The molecule has 0 spiro atoms. The van der Waals surface area contributed by atoms with E-state index in [1.54, 1.807) is 47.0 Å². The van der Waals surface area contributed by atoms with E-state index < -0.39 is 36.0 Å². The molecular formula is C45H54F3N6O6S2. The van der Waals surface area contributed by atoms with Crippen molar-refractivity contribution in [3.05, 3.63) is 95.9 Å². The van der Waals surface area contributed by atoms with Gasteiger partial charge in [0.1, 0.15) is 18.1 Å². The molecule has 0 saturated carbocycles. The van der Waals surface area contributed by atoms with Gasteiger partial charge in [-0.25, -0.2) is 4.79 Å². The molecule has 3 fully saturated rings. The van der Waals surface area contributed by atoms with Gasteiger partial charge in [0.15, 0.2) is 0 Å². The van der Waals surface area contributed by atoms with Crippen molar-refractivity contribution in [2.45, 2.75) is 87.8 Å². The summed E-state index contributed by atoms with van der Waals surface area (Å²) in [6.07, 6.45) is 5.17. The van der Waals surface area contributed by atoms with E-state index in [0.29, 0.717) is 80.9 Å². The molecule has 6 rings (SSSR count). The Morgan fingerprint density at radius 2 is 1.26 bits per heavy atom. The van der Waals surface area contributed by atoms with Crippen LogP contribution in [-0.4, -0.2) is 102 Å². The zero-order chi connectivity index (χ0) is 44.4. The van der Waals surface area contributed by atoms with Crippen molar-refractivity contribution < 1.29 is 41.9 Å². The molecule has 1 radical (unpaired) electrons. The number of carbonyl (C=O) groups excluding carboxylic acids is 5. The molecule has 17 heteroatoms. The lowest BCUT2D eigenvalue weighted by Gasteiger charge is -2.33. The van der Waals surface area contributed by atoms with Crippen LogP contribution in [0.2, 0.25) is 0 Å². The molecule has 3 aromatic rings. The molecule has 3 aliphatic rings. The molecule has 333 valence electrons. The monoisotopic (exact) mass is 895 g/mol. The molecule has 0 bridgehead atoms. The normalized spacial score (nSPS) is 20.5. The Labute approximate surface area is 369 Å². The number of amides is 5. The van der Waals surface area contributed by atoms with Crippen LogP contribution in [0.25, 0.3) is 0 Å². The van der Waals surface area contributed by atoms with Crippen molar-refractivity contribution >= 4 is 70.3 Å². The highest BCUT2D eigenvalue weighted by molar-refractivity contribution is 7.98. The Balaban J connectivity index is 1.16. The lowest BCUT2D eigenvalue weighted by atomic mass is 10.0. The number of rotatable bonds is 16. The Hall–Kier alpha value is -4.90. The summed E-state index contributed by atoms with van der Waals surface area (Å²) >= 11 is 3.20. The number of likely N-dealkylation sites (tertiary alicyclic amines) is 2. The van der Waals surface area contributed by atoms with Gasteiger partial charge in [-0.3, -0.25) is 19.2 Å². The van der Waals surface area contributed by atoms with E-state index in [4.69, 9.17) is 4.74 Å². The van der Waals surface area contributed by atoms with Crippen molar-refractivity contribution in [2.24, 2.45) is 0 Å². The zero-order valence-corrected chi connectivity index (χ0v) is 36.8. The summed E-state index contributed by atoms with van der Waals surface area (Å²) in [7, 11) is 1.23. The molecule has 5 atom stereocenters. The van der Waals surface area contributed by atoms with Gasteiger partial charge in [-0.1, -0.05) is 24.3 Å². The molecule has 3 aromatic carbocycles. The van der Waals surface area contributed by atoms with Crippen LogP contribution in [0, 0.1) is 6.42 Å². The number of methoxy groups -OCH3 is 1. The number of benzene rings is 3. The van der Waals surface area contributed by atoms with Crippen LogP contribution in [0.4, 0.5) is 35.0 Å². The van der Waals surface area contributed by atoms with Gasteiger partial charge in [0, 0.05) is 30.2 Å². The molecule has 5 amide bonds. The highest BCUT2D eigenvalue weighted by Crippen LogP contribution is 2.47. The molecule has 12 nitrogen and oxygen atoms in total. The van der Waals surface area contributed by atoms with Gasteiger partial charge in [0.2, 0.25) is 23.6 Å². The number of ether oxygens (including phenoxy) is 1. The number of alkyl carbamates (subject to hydrolysis) is 1. The van der Waals surface area contributed by atoms with E-state index in [2.05, 4.69) is 20.9 Å². The van der Waals surface area contributed by atoms with Crippen molar-refractivity contribution in [1.29, 1.82) is 0 Å². The van der Waals surface area contributed by atoms with Gasteiger partial charge in [-0.15, -0.1) is 0 Å². The van der Waals surface area contributed by atoms with E-state index in [-0.39, 0.29) is 35.7 Å². The average molecular weight is 896 g/mol. The highest BCUT2D eigenvalue weighted by atomic mass is 32.2. The highest BCUT2D eigenvalue weighted by Gasteiger charge is 2.40. The predicted octanol–water partition coefficient (Wildman–Crippen LogP) is 8.08. The zero-order valence-electron chi connectivity index (χ0n) is 35.1. The maximum Gasteiger partial charge on any atom is 0.416 e. The SMILES string of the molecule is COC(=O)NC(CCSC)C(=O)N1CCCC1C(=O)Nc1ccc([C@H]2CC[C@H](c3ccc(NC(=O)[C@@H]4CCCN4C(=O)[CH]CCSC)cc3)N2c2ccc(C(F)(F)F)cc2)cc1. The Morgan fingerprint density at radius 1 is 0.742 bits per heavy atom. The molecule has 3 saturated heterocycles. The summed E-state index contributed by atoms with van der Waals surface area (Å²) in [5.74, 6) is 0.410. The van der Waals surface area contributed by atoms with Crippen LogP contribution in [0.1, 0.15) is 80.1 Å². The molecule has 2 unspecified atom stereocenters. The van der Waals surface area contributed by atoms with E-state index in [1.807, 2.05) is 48.9 Å². The standard InChI is InChI=1S/C45H54F3N6O6S2/c1-60-44(59)51-35(24-28-62-3)43(58)53-26-5-8-39(53)42(57)50-33-18-12-30(13-19-33)37-23-22-36(54(37)34-20-14-31(15-21-34)45(46,47)48)29-10-16-32(17-11-29)49-41(56)38-7-4-25-52(38)40(55)9-6-27-61-2/h9-21,35-39H,4-8,22-28H2,1-3H3,(H,49,56)(H,50,57)(H,51,59)/t35?,36-,37-,38+,39?/m1/s1. The molecule has 0 aromatic heterocycles. The number of halogens is 3. The van der Waals surface area contributed by atoms with Crippen LogP contribution in [-0.2, 0) is 30.1 Å². The van der Waals surface area contributed by atoms with Crippen molar-refractivity contribution in [2.75, 3.05) is 59.8 Å². The smallest absolute Gasteiger partial charge is 0.416 e. The molecule has 3 aliphatic heterocycles. The van der Waals surface area contributed by atoms with Crippen LogP contribution >= 0.6 is 23.5 Å². The van der Waals surface area contributed by atoms with Gasteiger partial charge < -0.3 is 35.4 Å². The number of hydrogen-bond donors (Lipinski definition) is 3. The largest absolute Gasteiger partial charge is 0.453 e. The van der Waals surface area contributed by atoms with Crippen molar-refractivity contribution in [1.82, 2.24) is 15.1 Å². The Kier molecular flexibility index (Phi) is 16.1. The van der Waals surface area contributed by atoms with E-state index in [1.165, 1.54) is 24.1 Å². The number of nitrogens with one attached hydrogen (secondary N) is 3. The summed E-state index contributed by atoms with van der Waals surface area (Å²) < 4.78 is 45.6. The van der Waals surface area contributed by atoms with E-state index >= 15 is 0 Å². The predicted molar refractivity (Wildman–Crippen MR) is 238 cm³/mol. The summed E-state index contributed by atoms with van der Waals surface area (Å²) in [4.78, 5) is 70.6. The maximum absolute atomic E-state index is 13.6. The van der Waals surface area contributed by atoms with E-state index in [0.717, 1.165) is 35.4 Å². The second kappa shape index (κ2) is 21.5. The van der Waals surface area contributed by atoms with Gasteiger partial charge in [-0.2, -0.15) is 36.7 Å². The first kappa shape index (κ1) is 46.6. The van der Waals surface area contributed by atoms with Crippen LogP contribution < -0.4 is 20.9 Å².